The molecule has 0 unspecified atom stereocenters. The molecule has 120 valence electrons. The van der Waals surface area contributed by atoms with Crippen molar-refractivity contribution < 1.29 is 18.0 Å². The van der Waals surface area contributed by atoms with Crippen molar-refractivity contribution in [3.8, 4) is 0 Å². The molecule has 0 aliphatic heterocycles. The summed E-state index contributed by atoms with van der Waals surface area (Å²) in [4.78, 5) is 12.1. The molecule has 0 spiro atoms. The predicted octanol–water partition coefficient (Wildman–Crippen LogP) is 3.67. The molecular formula is C12H15FIN4O3P. The molecule has 2 aromatic rings. The Bertz CT molecular complexity index is 726. The Labute approximate surface area is 140 Å². The second-order valence-corrected chi connectivity index (χ2v) is 7.34. The van der Waals surface area contributed by atoms with Gasteiger partial charge in [0, 0.05) is 0 Å². The Hall–Kier alpha value is -0.900. The molecule has 0 atom stereocenters. The fourth-order valence-electron chi connectivity index (χ4n) is 1.78. The Morgan fingerprint density at radius 2 is 2.05 bits per heavy atom. The maximum Gasteiger partial charge on any atom is 0.390 e. The molecule has 0 saturated carbocycles. The highest BCUT2D eigenvalue weighted by Crippen LogP contribution is 2.58. The average molecular weight is 440 g/mol. The summed E-state index contributed by atoms with van der Waals surface area (Å²) in [5.74, 6) is 0. The average Bonchev–Trinajstić information content (AvgIpc) is 2.90. The molecule has 2 aromatic heterocycles. The molecule has 2 rings (SSSR count). The van der Waals surface area contributed by atoms with Gasteiger partial charge in [0.1, 0.15) is 11.8 Å². The second kappa shape index (κ2) is 7.58. The van der Waals surface area contributed by atoms with E-state index in [9.17, 15) is 8.96 Å². The summed E-state index contributed by atoms with van der Waals surface area (Å²) in [6.45, 7) is 3.58. The highest BCUT2D eigenvalue weighted by atomic mass is 127. The lowest BCUT2D eigenvalue weighted by Gasteiger charge is -2.16. The molecule has 0 aliphatic carbocycles. The van der Waals surface area contributed by atoms with Crippen LogP contribution < -0.4 is 0 Å². The standard InChI is InChI=1S/C12H15FIN4O3P/c1-3-20-22(19,21-4-2)11(13)9(14)6-18-8-17-10-5-15-7-16-12(10)18/h5,7-8H,3-4,6H2,1-2H3/b11-9+. The van der Waals surface area contributed by atoms with E-state index < -0.39 is 13.2 Å². The van der Waals surface area contributed by atoms with Crippen molar-refractivity contribution in [1.82, 2.24) is 19.5 Å². The summed E-state index contributed by atoms with van der Waals surface area (Å²) in [6, 6.07) is 0. The third kappa shape index (κ3) is 3.70. The van der Waals surface area contributed by atoms with Crippen LogP contribution in [-0.2, 0) is 20.2 Å². The third-order valence-electron chi connectivity index (χ3n) is 2.65. The number of imidazole rings is 1. The monoisotopic (exact) mass is 440 g/mol. The first-order valence-electron chi connectivity index (χ1n) is 6.56. The van der Waals surface area contributed by atoms with Crippen molar-refractivity contribution in [3.63, 3.8) is 0 Å². The number of nitrogens with zero attached hydrogens (tertiary/aromatic N) is 4. The lowest BCUT2D eigenvalue weighted by atomic mass is 10.5. The Balaban J connectivity index is 2.32. The number of rotatable bonds is 7. The quantitative estimate of drug-likeness (QED) is 0.483. The van der Waals surface area contributed by atoms with Crippen LogP contribution in [0.5, 0.6) is 0 Å². The number of fused-ring (bicyclic) bond motifs is 1. The van der Waals surface area contributed by atoms with Gasteiger partial charge in [-0.15, -0.1) is 0 Å². The zero-order valence-electron chi connectivity index (χ0n) is 12.1. The Morgan fingerprint density at radius 3 is 2.68 bits per heavy atom. The van der Waals surface area contributed by atoms with Crippen LogP contribution in [0.3, 0.4) is 0 Å². The van der Waals surface area contributed by atoms with Crippen LogP contribution in [0, 0.1) is 0 Å². The predicted molar refractivity (Wildman–Crippen MR) is 88.3 cm³/mol. The summed E-state index contributed by atoms with van der Waals surface area (Å²) in [7, 11) is -3.91. The van der Waals surface area contributed by atoms with Gasteiger partial charge in [-0.1, -0.05) is 0 Å². The highest BCUT2D eigenvalue weighted by Gasteiger charge is 2.33. The minimum Gasteiger partial charge on any atom is -0.310 e. The summed E-state index contributed by atoms with van der Waals surface area (Å²) in [5, 5.41) is 0. The van der Waals surface area contributed by atoms with Crippen molar-refractivity contribution in [1.29, 1.82) is 0 Å². The van der Waals surface area contributed by atoms with Crippen LogP contribution in [0.2, 0.25) is 0 Å². The van der Waals surface area contributed by atoms with Crippen LogP contribution in [0.1, 0.15) is 13.8 Å². The number of hydrogen-bond acceptors (Lipinski definition) is 6. The van der Waals surface area contributed by atoms with E-state index in [4.69, 9.17) is 9.05 Å². The molecule has 22 heavy (non-hydrogen) atoms. The van der Waals surface area contributed by atoms with Crippen molar-refractivity contribution >= 4 is 41.4 Å². The fraction of sp³-hybridized carbons (Fsp3) is 0.417. The van der Waals surface area contributed by atoms with Gasteiger partial charge in [0.25, 0.3) is 0 Å². The van der Waals surface area contributed by atoms with E-state index in [1.165, 1.54) is 12.7 Å². The van der Waals surface area contributed by atoms with E-state index in [0.717, 1.165) is 0 Å². The maximum absolute atomic E-state index is 14.5. The minimum atomic E-state index is -3.91. The lowest BCUT2D eigenvalue weighted by Crippen LogP contribution is -2.02. The van der Waals surface area contributed by atoms with Gasteiger partial charge < -0.3 is 13.6 Å². The minimum absolute atomic E-state index is 0.0931. The van der Waals surface area contributed by atoms with E-state index in [2.05, 4.69) is 15.0 Å². The van der Waals surface area contributed by atoms with Crippen LogP contribution in [0.25, 0.3) is 11.2 Å². The molecule has 0 bridgehead atoms. The normalized spacial score (nSPS) is 13.5. The molecule has 0 fully saturated rings. The largest absolute Gasteiger partial charge is 0.390 e. The van der Waals surface area contributed by atoms with Crippen molar-refractivity contribution in [2.45, 2.75) is 20.4 Å². The SMILES string of the molecule is CCOP(=O)(OCC)/C(F)=C(/I)Cn1cnc2cncnc21. The van der Waals surface area contributed by atoms with E-state index in [-0.39, 0.29) is 23.3 Å². The summed E-state index contributed by atoms with van der Waals surface area (Å²) < 4.78 is 38.8. The van der Waals surface area contributed by atoms with E-state index in [1.807, 2.05) is 0 Å². The fourth-order valence-corrected chi connectivity index (χ4v) is 4.39. The van der Waals surface area contributed by atoms with Gasteiger partial charge in [-0.25, -0.2) is 15.0 Å². The first-order chi connectivity index (χ1) is 10.5. The molecule has 0 N–H and O–H groups in total. The number of halogens is 2. The number of hydrogen-bond donors (Lipinski definition) is 0. The summed E-state index contributed by atoms with van der Waals surface area (Å²) in [5.41, 5.74) is 0.289. The van der Waals surface area contributed by atoms with Crippen LogP contribution in [0.4, 0.5) is 4.39 Å². The highest BCUT2D eigenvalue weighted by molar-refractivity contribution is 14.1. The zero-order chi connectivity index (χ0) is 16.2. The number of aromatic nitrogens is 4. The zero-order valence-corrected chi connectivity index (χ0v) is 15.1. The Morgan fingerprint density at radius 1 is 1.36 bits per heavy atom. The molecule has 0 aromatic carbocycles. The van der Waals surface area contributed by atoms with Crippen LogP contribution >= 0.6 is 30.2 Å². The second-order valence-electron chi connectivity index (χ2n) is 4.13. The molecule has 10 heteroatoms. The van der Waals surface area contributed by atoms with E-state index >= 15 is 0 Å². The first kappa shape index (κ1) is 17.5. The topological polar surface area (TPSA) is 79.1 Å². The molecular weight excluding hydrogens is 425 g/mol. The van der Waals surface area contributed by atoms with E-state index in [0.29, 0.717) is 11.2 Å². The molecule has 0 saturated heterocycles. The van der Waals surface area contributed by atoms with Gasteiger partial charge >= 0.3 is 7.60 Å². The van der Waals surface area contributed by atoms with Crippen LogP contribution in [-0.4, -0.2) is 32.7 Å². The van der Waals surface area contributed by atoms with Gasteiger partial charge in [-0.2, -0.15) is 4.39 Å². The van der Waals surface area contributed by atoms with Crippen LogP contribution in [0.15, 0.2) is 28.0 Å². The Kier molecular flexibility index (Phi) is 6.01. The van der Waals surface area contributed by atoms with Gasteiger partial charge in [-0.3, -0.25) is 4.57 Å². The van der Waals surface area contributed by atoms with Crippen molar-refractivity contribution in [2.24, 2.45) is 0 Å². The van der Waals surface area contributed by atoms with Gasteiger partial charge in [0.2, 0.25) is 5.57 Å². The van der Waals surface area contributed by atoms with Crippen molar-refractivity contribution in [3.05, 3.63) is 28.0 Å². The lowest BCUT2D eigenvalue weighted by molar-refractivity contribution is 0.219. The number of allylic oxidation sites excluding steroid dienone is 1. The first-order valence-corrected chi connectivity index (χ1v) is 9.18. The maximum atomic E-state index is 14.5. The molecule has 0 aliphatic rings. The third-order valence-corrected chi connectivity index (χ3v) is 5.84. The van der Waals surface area contributed by atoms with Gasteiger partial charge in [0.15, 0.2) is 5.65 Å². The molecule has 0 radical (unpaired) electrons. The van der Waals surface area contributed by atoms with Gasteiger partial charge in [0.05, 0.1) is 35.9 Å². The van der Waals surface area contributed by atoms with Gasteiger partial charge in [-0.05, 0) is 36.4 Å². The molecule has 0 amide bonds. The molecule has 7 nitrogen and oxygen atoms in total. The molecule has 2 heterocycles. The smallest absolute Gasteiger partial charge is 0.310 e. The summed E-state index contributed by atoms with van der Waals surface area (Å²) >= 11 is 1.79. The van der Waals surface area contributed by atoms with E-state index in [1.54, 1.807) is 47.2 Å². The summed E-state index contributed by atoms with van der Waals surface area (Å²) in [6.07, 6.45) is 4.48. The van der Waals surface area contributed by atoms with Crippen molar-refractivity contribution in [2.75, 3.05) is 13.2 Å².